The lowest BCUT2D eigenvalue weighted by Crippen LogP contribution is -1.97. The van der Waals surface area contributed by atoms with E-state index in [1.807, 2.05) is 18.2 Å². The van der Waals surface area contributed by atoms with Crippen LogP contribution in [0.25, 0.3) is 10.8 Å². The molecule has 0 saturated carbocycles. The Labute approximate surface area is 101 Å². The molecule has 1 N–H and O–H groups in total. The molecule has 2 rings (SSSR count). The summed E-state index contributed by atoms with van der Waals surface area (Å²) in [5.41, 5.74) is 1.20. The van der Waals surface area contributed by atoms with Gasteiger partial charge >= 0.3 is 0 Å². The van der Waals surface area contributed by atoms with Crippen LogP contribution in [0.5, 0.6) is 0 Å². The zero-order chi connectivity index (χ0) is 12.5. The first-order valence-corrected chi connectivity index (χ1v) is 6.95. The van der Waals surface area contributed by atoms with Crippen LogP contribution in [0.4, 0.5) is 0 Å². The van der Waals surface area contributed by atoms with E-state index in [9.17, 15) is 8.42 Å². The average Bonchev–Trinajstić information content (AvgIpc) is 2.28. The van der Waals surface area contributed by atoms with Crippen molar-refractivity contribution in [2.24, 2.45) is 0 Å². The fourth-order valence-corrected chi connectivity index (χ4v) is 2.49. The lowest BCUT2D eigenvalue weighted by Gasteiger charge is -2.06. The van der Waals surface area contributed by atoms with Gasteiger partial charge in [-0.2, -0.15) is 8.42 Å². The van der Waals surface area contributed by atoms with E-state index < -0.39 is 10.1 Å². The molecule has 0 aliphatic rings. The third-order valence-electron chi connectivity index (χ3n) is 2.76. The number of benzene rings is 2. The predicted molar refractivity (Wildman–Crippen MR) is 67.8 cm³/mol. The van der Waals surface area contributed by atoms with Crippen LogP contribution >= 0.6 is 0 Å². The molecule has 0 aromatic heterocycles. The third-order valence-corrected chi connectivity index (χ3v) is 3.61. The fourth-order valence-electron chi connectivity index (χ4n) is 1.98. The monoisotopic (exact) mass is 250 g/mol. The van der Waals surface area contributed by atoms with E-state index in [4.69, 9.17) is 4.55 Å². The van der Waals surface area contributed by atoms with Crippen molar-refractivity contribution in [2.75, 3.05) is 0 Å². The molecule has 4 heteroatoms. The first kappa shape index (κ1) is 12.1. The van der Waals surface area contributed by atoms with E-state index in [0.29, 0.717) is 0 Å². The zero-order valence-electron chi connectivity index (χ0n) is 9.55. The van der Waals surface area contributed by atoms with Gasteiger partial charge in [0.25, 0.3) is 10.1 Å². The summed E-state index contributed by atoms with van der Waals surface area (Å²) < 4.78 is 31.1. The first-order valence-electron chi connectivity index (χ1n) is 5.51. The van der Waals surface area contributed by atoms with Gasteiger partial charge in [0.1, 0.15) is 0 Å². The van der Waals surface area contributed by atoms with E-state index in [1.54, 1.807) is 6.07 Å². The summed E-state index contributed by atoms with van der Waals surface area (Å²) >= 11 is 0. The molecule has 2 aromatic rings. The maximum Gasteiger partial charge on any atom is 0.294 e. The Bertz CT molecular complexity index is 645. The molecule has 0 radical (unpaired) electrons. The molecule has 0 aliphatic heterocycles. The average molecular weight is 250 g/mol. The van der Waals surface area contributed by atoms with Crippen LogP contribution < -0.4 is 0 Å². The summed E-state index contributed by atoms with van der Waals surface area (Å²) in [6, 6.07) is 10.5. The standard InChI is InChI=1S/C13H14O3S/c1-2-4-10-5-3-6-11-9-12(17(14,15)16)7-8-13(10)11/h3,5-9H,2,4H2,1H3,(H,14,15,16). The van der Waals surface area contributed by atoms with Gasteiger partial charge in [0, 0.05) is 0 Å². The molecule has 2 aromatic carbocycles. The Kier molecular flexibility index (Phi) is 3.17. The van der Waals surface area contributed by atoms with Gasteiger partial charge in [-0.15, -0.1) is 0 Å². The van der Waals surface area contributed by atoms with E-state index in [0.717, 1.165) is 23.6 Å². The highest BCUT2D eigenvalue weighted by atomic mass is 32.2. The van der Waals surface area contributed by atoms with Gasteiger partial charge in [-0.3, -0.25) is 4.55 Å². The van der Waals surface area contributed by atoms with Crippen molar-refractivity contribution in [1.82, 2.24) is 0 Å². The molecule has 0 heterocycles. The maximum absolute atomic E-state index is 11.0. The molecular weight excluding hydrogens is 236 g/mol. The third kappa shape index (κ3) is 2.48. The largest absolute Gasteiger partial charge is 0.294 e. The van der Waals surface area contributed by atoms with Crippen molar-refractivity contribution in [1.29, 1.82) is 0 Å². The van der Waals surface area contributed by atoms with Gasteiger partial charge in [0.05, 0.1) is 4.90 Å². The van der Waals surface area contributed by atoms with Gasteiger partial charge in [-0.1, -0.05) is 37.6 Å². The van der Waals surface area contributed by atoms with Gasteiger partial charge in [-0.25, -0.2) is 0 Å². The molecule has 17 heavy (non-hydrogen) atoms. The SMILES string of the molecule is CCCc1cccc2cc(S(=O)(=O)O)ccc12. The zero-order valence-corrected chi connectivity index (χ0v) is 10.4. The first-order chi connectivity index (χ1) is 8.02. The Morgan fingerprint density at radius 1 is 1.18 bits per heavy atom. The summed E-state index contributed by atoms with van der Waals surface area (Å²) in [6.07, 6.45) is 2.00. The summed E-state index contributed by atoms with van der Waals surface area (Å²) in [4.78, 5) is -0.0568. The molecule has 0 aliphatic carbocycles. The minimum absolute atomic E-state index is 0.0568. The van der Waals surface area contributed by atoms with Crippen molar-refractivity contribution >= 4 is 20.9 Å². The normalized spacial score (nSPS) is 11.9. The highest BCUT2D eigenvalue weighted by molar-refractivity contribution is 7.85. The second-order valence-corrected chi connectivity index (χ2v) is 5.45. The Morgan fingerprint density at radius 2 is 1.94 bits per heavy atom. The number of hydrogen-bond donors (Lipinski definition) is 1. The Morgan fingerprint density at radius 3 is 2.59 bits per heavy atom. The molecule has 3 nitrogen and oxygen atoms in total. The number of rotatable bonds is 3. The summed E-state index contributed by atoms with van der Waals surface area (Å²) in [7, 11) is -4.12. The van der Waals surface area contributed by atoms with Crippen LogP contribution in [0.3, 0.4) is 0 Å². The van der Waals surface area contributed by atoms with Crippen molar-refractivity contribution in [3.8, 4) is 0 Å². The van der Waals surface area contributed by atoms with Crippen LogP contribution in [0.1, 0.15) is 18.9 Å². The van der Waals surface area contributed by atoms with E-state index >= 15 is 0 Å². The summed E-state index contributed by atoms with van der Waals surface area (Å²) in [5.74, 6) is 0. The predicted octanol–water partition coefficient (Wildman–Crippen LogP) is 3.04. The Hall–Kier alpha value is -1.39. The number of aryl methyl sites for hydroxylation is 1. The van der Waals surface area contributed by atoms with Gasteiger partial charge in [0.15, 0.2) is 0 Å². The maximum atomic E-state index is 11.0. The van der Waals surface area contributed by atoms with E-state index in [1.165, 1.54) is 17.7 Å². The second-order valence-electron chi connectivity index (χ2n) is 4.03. The minimum atomic E-state index is -4.12. The van der Waals surface area contributed by atoms with Crippen molar-refractivity contribution in [3.05, 3.63) is 42.0 Å². The minimum Gasteiger partial charge on any atom is -0.282 e. The molecule has 0 bridgehead atoms. The summed E-state index contributed by atoms with van der Waals surface area (Å²) in [6.45, 7) is 2.10. The second kappa shape index (κ2) is 4.47. The topological polar surface area (TPSA) is 54.4 Å². The lowest BCUT2D eigenvalue weighted by molar-refractivity contribution is 0.483. The van der Waals surface area contributed by atoms with Gasteiger partial charge < -0.3 is 0 Å². The molecule has 0 amide bonds. The van der Waals surface area contributed by atoms with Crippen molar-refractivity contribution in [3.63, 3.8) is 0 Å². The molecular formula is C13H14O3S. The van der Waals surface area contributed by atoms with Crippen LogP contribution in [0.15, 0.2) is 41.3 Å². The van der Waals surface area contributed by atoms with Crippen LogP contribution in [-0.2, 0) is 16.5 Å². The molecule has 0 unspecified atom stereocenters. The fraction of sp³-hybridized carbons (Fsp3) is 0.231. The molecule has 0 spiro atoms. The van der Waals surface area contributed by atoms with Crippen molar-refractivity contribution < 1.29 is 13.0 Å². The lowest BCUT2D eigenvalue weighted by atomic mass is 10.0. The molecule has 0 fully saturated rings. The number of fused-ring (bicyclic) bond motifs is 1. The highest BCUT2D eigenvalue weighted by Crippen LogP contribution is 2.23. The molecule has 0 saturated heterocycles. The van der Waals surface area contributed by atoms with Gasteiger partial charge in [0.2, 0.25) is 0 Å². The summed E-state index contributed by atoms with van der Waals surface area (Å²) in [5, 5.41) is 1.88. The van der Waals surface area contributed by atoms with Crippen molar-refractivity contribution in [2.45, 2.75) is 24.7 Å². The number of hydrogen-bond acceptors (Lipinski definition) is 2. The van der Waals surface area contributed by atoms with E-state index in [-0.39, 0.29) is 4.90 Å². The Balaban J connectivity index is 2.65. The molecule has 0 atom stereocenters. The van der Waals surface area contributed by atoms with E-state index in [2.05, 4.69) is 6.92 Å². The highest BCUT2D eigenvalue weighted by Gasteiger charge is 2.10. The molecule has 90 valence electrons. The quantitative estimate of drug-likeness (QED) is 0.852. The van der Waals surface area contributed by atoms with Crippen LogP contribution in [0.2, 0.25) is 0 Å². The smallest absolute Gasteiger partial charge is 0.282 e. The van der Waals surface area contributed by atoms with Crippen LogP contribution in [0, 0.1) is 0 Å². The van der Waals surface area contributed by atoms with Gasteiger partial charge in [-0.05, 0) is 34.9 Å². The van der Waals surface area contributed by atoms with Crippen LogP contribution in [-0.4, -0.2) is 13.0 Å².